The third-order valence-electron chi connectivity index (χ3n) is 5.97. The largest absolute Gasteiger partial charge is 0.434 e. The standard InChI is InChI=1S/C28H23F2N5O4/c1-38-35-23(18-6-8-19(29)9-7-18)4-2-5-24(35)27(37)33-20-10-11-25(21(30)16-20)39-28-26-22(31-17-32-28)12-14-34(26)13-3-15-36/h2,4-12,14,16-17,36H,3,13,15H2,1H3/p+1. The van der Waals surface area contributed by atoms with E-state index >= 15 is 4.39 Å². The quantitative estimate of drug-likeness (QED) is 0.277. The molecule has 0 aliphatic rings. The molecule has 0 spiro atoms. The average molecular weight is 533 g/mol. The highest BCUT2D eigenvalue weighted by Gasteiger charge is 2.26. The van der Waals surface area contributed by atoms with E-state index in [2.05, 4.69) is 15.3 Å². The Morgan fingerprint density at radius 3 is 2.64 bits per heavy atom. The number of nitrogens with zero attached hydrogens (tertiary/aromatic N) is 4. The van der Waals surface area contributed by atoms with Crippen LogP contribution in [0.5, 0.6) is 11.6 Å². The maximum absolute atomic E-state index is 15.1. The van der Waals surface area contributed by atoms with Crippen LogP contribution in [-0.4, -0.2) is 39.3 Å². The number of carbonyl (C=O) groups excluding carboxylic acids is 1. The smallest absolute Gasteiger partial charge is 0.325 e. The Labute approximate surface area is 221 Å². The lowest BCUT2D eigenvalue weighted by atomic mass is 10.1. The topological polar surface area (TPSA) is 102 Å². The van der Waals surface area contributed by atoms with Crippen molar-refractivity contribution in [1.29, 1.82) is 0 Å². The van der Waals surface area contributed by atoms with E-state index in [1.807, 2.05) is 4.57 Å². The van der Waals surface area contributed by atoms with Gasteiger partial charge in [-0.3, -0.25) is 9.63 Å². The number of hydrogen-bond donors (Lipinski definition) is 2. The molecule has 5 aromatic rings. The van der Waals surface area contributed by atoms with Crippen LogP contribution >= 0.6 is 0 Å². The fraction of sp³-hybridized carbons (Fsp3) is 0.143. The van der Waals surface area contributed by atoms with Gasteiger partial charge in [-0.25, -0.2) is 13.8 Å². The zero-order valence-electron chi connectivity index (χ0n) is 20.8. The van der Waals surface area contributed by atoms with Crippen molar-refractivity contribution in [3.8, 4) is 22.9 Å². The van der Waals surface area contributed by atoms with Crippen molar-refractivity contribution in [3.05, 3.63) is 96.6 Å². The number of nitrogens with one attached hydrogen (secondary N) is 1. The molecule has 0 unspecified atom stereocenters. The minimum Gasteiger partial charge on any atom is -0.434 e. The number of halogens is 2. The summed E-state index contributed by atoms with van der Waals surface area (Å²) in [7, 11) is 1.40. The molecule has 5 rings (SSSR count). The van der Waals surface area contributed by atoms with Crippen molar-refractivity contribution in [2.75, 3.05) is 19.0 Å². The average Bonchev–Trinajstić information content (AvgIpc) is 3.37. The highest BCUT2D eigenvalue weighted by molar-refractivity contribution is 6.02. The molecule has 39 heavy (non-hydrogen) atoms. The minimum atomic E-state index is -0.715. The zero-order valence-corrected chi connectivity index (χ0v) is 20.8. The van der Waals surface area contributed by atoms with Crippen LogP contribution < -0.4 is 19.6 Å². The normalized spacial score (nSPS) is 11.0. The monoisotopic (exact) mass is 532 g/mol. The predicted molar refractivity (Wildman–Crippen MR) is 138 cm³/mol. The van der Waals surface area contributed by atoms with Gasteiger partial charge in [0.25, 0.3) is 5.69 Å². The summed E-state index contributed by atoms with van der Waals surface area (Å²) in [4.78, 5) is 26.9. The second-order valence-corrected chi connectivity index (χ2v) is 8.48. The minimum absolute atomic E-state index is 0.0201. The Balaban J connectivity index is 1.37. The van der Waals surface area contributed by atoms with Crippen LogP contribution in [0.25, 0.3) is 22.3 Å². The molecule has 198 valence electrons. The summed E-state index contributed by atoms with van der Waals surface area (Å²) in [6, 6.07) is 16.5. The van der Waals surface area contributed by atoms with E-state index in [-0.39, 0.29) is 35.4 Å². The highest BCUT2D eigenvalue weighted by atomic mass is 19.1. The Bertz CT molecular complexity index is 1640. The van der Waals surface area contributed by atoms with E-state index < -0.39 is 11.7 Å². The molecule has 11 heteroatoms. The van der Waals surface area contributed by atoms with E-state index in [0.717, 1.165) is 6.07 Å². The SMILES string of the molecule is CO[n+]1c(C(=O)Nc2ccc(Oc3ncnc4ccn(CCCO)c34)c(F)c2)cccc1-c1ccc(F)cc1. The summed E-state index contributed by atoms with van der Waals surface area (Å²) in [5, 5.41) is 11.8. The molecule has 0 aliphatic carbocycles. The lowest BCUT2D eigenvalue weighted by Crippen LogP contribution is -2.49. The highest BCUT2D eigenvalue weighted by Crippen LogP contribution is 2.30. The molecule has 3 aromatic heterocycles. The molecule has 2 N–H and O–H groups in total. The van der Waals surface area contributed by atoms with Gasteiger partial charge >= 0.3 is 11.6 Å². The van der Waals surface area contributed by atoms with Gasteiger partial charge in [0.15, 0.2) is 11.6 Å². The van der Waals surface area contributed by atoms with Crippen LogP contribution in [-0.2, 0) is 6.54 Å². The Kier molecular flexibility index (Phi) is 7.41. The summed E-state index contributed by atoms with van der Waals surface area (Å²) in [5.74, 6) is -1.57. The number of fused-ring (bicyclic) bond motifs is 1. The third kappa shape index (κ3) is 5.39. The van der Waals surface area contributed by atoms with Gasteiger partial charge in [0.05, 0.1) is 11.1 Å². The molecular formula is C28H24F2N5O4+. The van der Waals surface area contributed by atoms with Gasteiger partial charge in [0, 0.05) is 48.0 Å². The molecule has 0 bridgehead atoms. The Morgan fingerprint density at radius 1 is 1.08 bits per heavy atom. The summed E-state index contributed by atoms with van der Waals surface area (Å²) in [5.41, 5.74) is 2.71. The summed E-state index contributed by atoms with van der Waals surface area (Å²) in [6.45, 7) is 0.535. The van der Waals surface area contributed by atoms with E-state index in [4.69, 9.17) is 14.7 Å². The first-order valence-corrected chi connectivity index (χ1v) is 12.0. The van der Waals surface area contributed by atoms with Crippen molar-refractivity contribution < 1.29 is 33.0 Å². The van der Waals surface area contributed by atoms with E-state index in [9.17, 15) is 9.18 Å². The number of benzene rings is 2. The fourth-order valence-electron chi connectivity index (χ4n) is 4.16. The molecular weight excluding hydrogens is 508 g/mol. The molecule has 2 aromatic carbocycles. The van der Waals surface area contributed by atoms with E-state index in [1.54, 1.807) is 42.6 Å². The van der Waals surface area contributed by atoms with Crippen molar-refractivity contribution in [2.24, 2.45) is 0 Å². The first kappa shape index (κ1) is 25.7. The first-order chi connectivity index (χ1) is 19.0. The van der Waals surface area contributed by atoms with Crippen LogP contribution in [0.2, 0.25) is 0 Å². The van der Waals surface area contributed by atoms with Crippen LogP contribution in [0, 0.1) is 11.6 Å². The van der Waals surface area contributed by atoms with Gasteiger partial charge in [-0.15, -0.1) is 0 Å². The number of aliphatic hydroxyl groups is 1. The summed E-state index contributed by atoms with van der Waals surface area (Å²) in [6.07, 6.45) is 3.65. The number of carbonyl (C=O) groups is 1. The van der Waals surface area contributed by atoms with Gasteiger partial charge in [-0.05, 0) is 55.0 Å². The number of ether oxygens (including phenoxy) is 1. The first-order valence-electron chi connectivity index (χ1n) is 12.0. The van der Waals surface area contributed by atoms with Gasteiger partial charge in [0.1, 0.15) is 24.8 Å². The van der Waals surface area contributed by atoms with Gasteiger partial charge in [0.2, 0.25) is 5.88 Å². The molecule has 0 saturated carbocycles. The molecule has 0 atom stereocenters. The van der Waals surface area contributed by atoms with Crippen LogP contribution in [0.1, 0.15) is 16.9 Å². The Morgan fingerprint density at radius 2 is 1.90 bits per heavy atom. The second kappa shape index (κ2) is 11.2. The number of pyridine rings is 1. The second-order valence-electron chi connectivity index (χ2n) is 8.48. The van der Waals surface area contributed by atoms with Crippen molar-refractivity contribution >= 4 is 22.6 Å². The Hall–Kier alpha value is -4.90. The maximum Gasteiger partial charge on any atom is 0.325 e. The predicted octanol–water partition coefficient (Wildman–Crippen LogP) is 4.15. The third-order valence-corrected chi connectivity index (χ3v) is 5.97. The molecule has 0 radical (unpaired) electrons. The number of anilines is 1. The van der Waals surface area contributed by atoms with Crippen molar-refractivity contribution in [1.82, 2.24) is 14.5 Å². The number of aromatic nitrogens is 4. The molecule has 3 heterocycles. The van der Waals surface area contributed by atoms with Crippen LogP contribution in [0.15, 0.2) is 79.3 Å². The van der Waals surface area contributed by atoms with Gasteiger partial charge < -0.3 is 19.7 Å². The zero-order chi connectivity index (χ0) is 27.4. The van der Waals surface area contributed by atoms with E-state index in [0.29, 0.717) is 35.3 Å². The fourth-order valence-corrected chi connectivity index (χ4v) is 4.16. The van der Waals surface area contributed by atoms with Crippen LogP contribution in [0.3, 0.4) is 0 Å². The summed E-state index contributed by atoms with van der Waals surface area (Å²) < 4.78 is 37.4. The number of hydrogen-bond acceptors (Lipinski definition) is 6. The molecule has 0 aliphatic heterocycles. The number of amides is 1. The van der Waals surface area contributed by atoms with Crippen molar-refractivity contribution in [2.45, 2.75) is 13.0 Å². The number of aliphatic hydroxyl groups excluding tert-OH is 1. The molecule has 0 saturated heterocycles. The lowest BCUT2D eigenvalue weighted by Gasteiger charge is -2.11. The molecule has 0 fully saturated rings. The molecule has 1 amide bonds. The van der Waals surface area contributed by atoms with Gasteiger partial charge in [-0.2, -0.15) is 4.98 Å². The van der Waals surface area contributed by atoms with Crippen molar-refractivity contribution in [3.63, 3.8) is 0 Å². The number of aryl methyl sites for hydroxylation is 1. The van der Waals surface area contributed by atoms with Gasteiger partial charge in [-0.1, -0.05) is 0 Å². The molecule has 9 nitrogen and oxygen atoms in total. The van der Waals surface area contributed by atoms with E-state index in [1.165, 1.54) is 42.4 Å². The lowest BCUT2D eigenvalue weighted by molar-refractivity contribution is -0.877. The summed E-state index contributed by atoms with van der Waals surface area (Å²) >= 11 is 0. The van der Waals surface area contributed by atoms with Crippen LogP contribution in [0.4, 0.5) is 14.5 Å². The number of rotatable bonds is 9. The maximum atomic E-state index is 15.1.